The van der Waals surface area contributed by atoms with Crippen LogP contribution in [-0.4, -0.2) is 54.0 Å². The van der Waals surface area contributed by atoms with E-state index in [-0.39, 0.29) is 19.0 Å². The van der Waals surface area contributed by atoms with Crippen molar-refractivity contribution >= 4 is 29.1 Å². The molecule has 1 aromatic rings. The molecule has 0 saturated heterocycles. The van der Waals surface area contributed by atoms with Gasteiger partial charge in [0.05, 0.1) is 7.11 Å². The Morgan fingerprint density at radius 1 is 1.48 bits per heavy atom. The molecular weight excluding hydrogens is 296 g/mol. The van der Waals surface area contributed by atoms with E-state index in [1.54, 1.807) is 11.4 Å². The monoisotopic (exact) mass is 314 g/mol. The van der Waals surface area contributed by atoms with Gasteiger partial charge in [-0.25, -0.2) is 4.79 Å². The zero-order valence-electron chi connectivity index (χ0n) is 12.1. The first-order chi connectivity index (χ1) is 9.88. The van der Waals surface area contributed by atoms with Gasteiger partial charge in [-0.15, -0.1) is 11.3 Å². The molecule has 0 fully saturated rings. The Bertz CT molecular complexity index is 528. The van der Waals surface area contributed by atoms with E-state index in [1.165, 1.54) is 37.2 Å². The smallest absolute Gasteiger partial charge is 0.326 e. The minimum atomic E-state index is -1.11. The molecule has 0 spiro atoms. The molecule has 0 radical (unpaired) electrons. The summed E-state index contributed by atoms with van der Waals surface area (Å²) in [5, 5.41) is 13.4. The summed E-state index contributed by atoms with van der Waals surface area (Å²) in [6, 6.07) is 0.646. The third-order valence-electron chi connectivity index (χ3n) is 2.86. The molecule has 1 heterocycles. The number of carbonyl (C=O) groups excluding carboxylic acids is 2. The van der Waals surface area contributed by atoms with E-state index < -0.39 is 17.9 Å². The summed E-state index contributed by atoms with van der Waals surface area (Å²) < 4.78 is 5.09. The molecule has 1 unspecified atom stereocenters. The van der Waals surface area contributed by atoms with Gasteiger partial charge in [-0.05, 0) is 18.4 Å². The molecule has 21 heavy (non-hydrogen) atoms. The average Bonchev–Trinajstić information content (AvgIpc) is 2.90. The van der Waals surface area contributed by atoms with Crippen LogP contribution in [0.25, 0.3) is 0 Å². The number of rotatable bonds is 7. The molecule has 8 heteroatoms. The number of nitrogens with zero attached hydrogens (tertiary/aromatic N) is 1. The third kappa shape index (κ3) is 4.45. The van der Waals surface area contributed by atoms with E-state index in [4.69, 9.17) is 9.84 Å². The number of amides is 2. The molecule has 0 aliphatic carbocycles. The second-order valence-electron chi connectivity index (χ2n) is 4.31. The molecular formula is C13H18N2O5S. The molecule has 7 nitrogen and oxygen atoms in total. The first-order valence-electron chi connectivity index (χ1n) is 6.28. The zero-order chi connectivity index (χ0) is 16.0. The van der Waals surface area contributed by atoms with Crippen LogP contribution in [0.3, 0.4) is 0 Å². The number of hydrogen-bond donors (Lipinski definition) is 2. The Morgan fingerprint density at radius 2 is 2.14 bits per heavy atom. The molecule has 2 amide bonds. The number of ether oxygens (including phenoxy) is 1. The van der Waals surface area contributed by atoms with Crippen molar-refractivity contribution in [3.8, 4) is 5.75 Å². The normalized spacial score (nSPS) is 11.6. The summed E-state index contributed by atoms with van der Waals surface area (Å²) in [5.74, 6) is -1.37. The summed E-state index contributed by atoms with van der Waals surface area (Å²) in [4.78, 5) is 36.1. The van der Waals surface area contributed by atoms with Crippen molar-refractivity contribution in [1.82, 2.24) is 10.2 Å². The number of carboxylic acids is 1. The first-order valence-corrected chi connectivity index (χ1v) is 7.16. The highest BCUT2D eigenvalue weighted by Crippen LogP contribution is 2.26. The molecule has 116 valence electrons. The number of carboxylic acid groups (broad SMARTS) is 1. The number of hydrogen-bond acceptors (Lipinski definition) is 5. The molecule has 0 aliphatic rings. The standard InChI is InChI=1S/C13H18N2O5S/c1-8(13(18)19)15(6-5-14-9(2)16)12(17)11-10(20-3)4-7-21-11/h4,7-8H,5-6H2,1-3H3,(H,14,16)(H,18,19). The average molecular weight is 314 g/mol. The van der Waals surface area contributed by atoms with Crippen LogP contribution >= 0.6 is 11.3 Å². The summed E-state index contributed by atoms with van der Waals surface area (Å²) in [6.07, 6.45) is 0. The second kappa shape index (κ2) is 7.63. The number of carbonyl (C=O) groups is 3. The molecule has 0 aromatic carbocycles. The van der Waals surface area contributed by atoms with Gasteiger partial charge in [0.2, 0.25) is 5.91 Å². The SMILES string of the molecule is COc1ccsc1C(=O)N(CCNC(C)=O)C(C)C(=O)O. The van der Waals surface area contributed by atoms with Crippen molar-refractivity contribution in [2.24, 2.45) is 0 Å². The maximum atomic E-state index is 12.5. The Hall–Kier alpha value is -2.09. The van der Waals surface area contributed by atoms with Crippen molar-refractivity contribution in [1.29, 1.82) is 0 Å². The lowest BCUT2D eigenvalue weighted by Gasteiger charge is -2.26. The Morgan fingerprint density at radius 3 is 2.67 bits per heavy atom. The highest BCUT2D eigenvalue weighted by Gasteiger charge is 2.28. The lowest BCUT2D eigenvalue weighted by molar-refractivity contribution is -0.141. The van der Waals surface area contributed by atoms with E-state index >= 15 is 0 Å². The van der Waals surface area contributed by atoms with Crippen LogP contribution in [-0.2, 0) is 9.59 Å². The van der Waals surface area contributed by atoms with Crippen molar-refractivity contribution in [3.05, 3.63) is 16.3 Å². The molecule has 1 rings (SSSR count). The third-order valence-corrected chi connectivity index (χ3v) is 3.74. The van der Waals surface area contributed by atoms with Crippen molar-refractivity contribution in [3.63, 3.8) is 0 Å². The lowest BCUT2D eigenvalue weighted by Crippen LogP contribution is -2.46. The Labute approximate surface area is 126 Å². The summed E-state index contributed by atoms with van der Waals surface area (Å²) in [6.45, 7) is 3.07. The van der Waals surface area contributed by atoms with Gasteiger partial charge < -0.3 is 20.1 Å². The minimum absolute atomic E-state index is 0.104. The van der Waals surface area contributed by atoms with E-state index in [1.807, 2.05) is 0 Å². The fourth-order valence-electron chi connectivity index (χ4n) is 1.70. The molecule has 2 N–H and O–H groups in total. The fourth-order valence-corrected chi connectivity index (χ4v) is 2.51. The lowest BCUT2D eigenvalue weighted by atomic mass is 10.2. The van der Waals surface area contributed by atoms with Crippen LogP contribution in [0.2, 0.25) is 0 Å². The molecule has 1 aromatic heterocycles. The molecule has 1 atom stereocenters. The molecule has 0 saturated carbocycles. The van der Waals surface area contributed by atoms with Crippen LogP contribution in [0.5, 0.6) is 5.75 Å². The Balaban J connectivity index is 2.92. The van der Waals surface area contributed by atoms with Gasteiger partial charge in [-0.2, -0.15) is 0 Å². The number of methoxy groups -OCH3 is 1. The second-order valence-corrected chi connectivity index (χ2v) is 5.23. The van der Waals surface area contributed by atoms with Gasteiger partial charge in [0.1, 0.15) is 16.7 Å². The van der Waals surface area contributed by atoms with Crippen LogP contribution in [0.15, 0.2) is 11.4 Å². The summed E-state index contributed by atoms with van der Waals surface area (Å²) >= 11 is 1.18. The van der Waals surface area contributed by atoms with Crippen LogP contribution < -0.4 is 10.1 Å². The van der Waals surface area contributed by atoms with E-state index in [0.717, 1.165) is 0 Å². The van der Waals surface area contributed by atoms with Gasteiger partial charge in [-0.1, -0.05) is 0 Å². The number of thiophene rings is 1. The predicted octanol–water partition coefficient (Wildman–Crippen LogP) is 0.808. The zero-order valence-corrected chi connectivity index (χ0v) is 12.9. The van der Waals surface area contributed by atoms with Gasteiger partial charge >= 0.3 is 5.97 Å². The molecule has 0 bridgehead atoms. The van der Waals surface area contributed by atoms with Crippen LogP contribution in [0.1, 0.15) is 23.5 Å². The number of nitrogens with one attached hydrogen (secondary N) is 1. The Kier molecular flexibility index (Phi) is 6.16. The van der Waals surface area contributed by atoms with Gasteiger partial charge in [0.15, 0.2) is 0 Å². The highest BCUT2D eigenvalue weighted by atomic mass is 32.1. The van der Waals surface area contributed by atoms with Gasteiger partial charge in [0.25, 0.3) is 5.91 Å². The van der Waals surface area contributed by atoms with E-state index in [9.17, 15) is 14.4 Å². The fraction of sp³-hybridized carbons (Fsp3) is 0.462. The van der Waals surface area contributed by atoms with Crippen molar-refractivity contribution < 1.29 is 24.2 Å². The highest BCUT2D eigenvalue weighted by molar-refractivity contribution is 7.12. The minimum Gasteiger partial charge on any atom is -0.495 e. The predicted molar refractivity (Wildman–Crippen MR) is 77.7 cm³/mol. The maximum Gasteiger partial charge on any atom is 0.326 e. The number of aliphatic carboxylic acids is 1. The van der Waals surface area contributed by atoms with E-state index in [0.29, 0.717) is 10.6 Å². The van der Waals surface area contributed by atoms with Crippen LogP contribution in [0, 0.1) is 0 Å². The van der Waals surface area contributed by atoms with Crippen molar-refractivity contribution in [2.75, 3.05) is 20.2 Å². The van der Waals surface area contributed by atoms with Gasteiger partial charge in [0, 0.05) is 20.0 Å². The van der Waals surface area contributed by atoms with Crippen LogP contribution in [0.4, 0.5) is 0 Å². The summed E-state index contributed by atoms with van der Waals surface area (Å²) in [7, 11) is 1.45. The van der Waals surface area contributed by atoms with Crippen molar-refractivity contribution in [2.45, 2.75) is 19.9 Å². The van der Waals surface area contributed by atoms with E-state index in [2.05, 4.69) is 5.32 Å². The largest absolute Gasteiger partial charge is 0.495 e. The molecule has 0 aliphatic heterocycles. The topological polar surface area (TPSA) is 95.9 Å². The quantitative estimate of drug-likeness (QED) is 0.776. The summed E-state index contributed by atoms with van der Waals surface area (Å²) in [5.41, 5.74) is 0. The maximum absolute atomic E-state index is 12.5. The first kappa shape index (κ1) is 17.0. The van der Waals surface area contributed by atoms with Gasteiger partial charge in [-0.3, -0.25) is 9.59 Å².